The lowest BCUT2D eigenvalue weighted by atomic mass is 9.78. The van der Waals surface area contributed by atoms with E-state index in [1.807, 2.05) is 48.5 Å². The Morgan fingerprint density at radius 3 is 2.73 bits per heavy atom. The molecule has 0 amide bonds. The molecule has 6 rings (SSSR count). The Labute approximate surface area is 219 Å². The van der Waals surface area contributed by atoms with Crippen molar-refractivity contribution in [3.05, 3.63) is 65.2 Å². The average molecular weight is 519 g/mol. The first-order valence-electron chi connectivity index (χ1n) is 12.5. The molecule has 1 spiro atoms. The SMILES string of the molecule is COc1cc(-n2cnc3cc(-c4ccc(N)cc4)sc3c2=O)ccc1OCCN1CCCC2(COC2)C1. The van der Waals surface area contributed by atoms with Crippen molar-refractivity contribution in [3.8, 4) is 27.6 Å². The largest absolute Gasteiger partial charge is 0.493 e. The molecule has 0 saturated carbocycles. The molecule has 9 heteroatoms. The van der Waals surface area contributed by atoms with Crippen LogP contribution in [-0.4, -0.2) is 61.0 Å². The van der Waals surface area contributed by atoms with E-state index in [1.54, 1.807) is 18.0 Å². The van der Waals surface area contributed by atoms with Crippen LogP contribution in [0.4, 0.5) is 5.69 Å². The molecule has 2 N–H and O–H groups in total. The summed E-state index contributed by atoms with van der Waals surface area (Å²) in [5.74, 6) is 1.24. The summed E-state index contributed by atoms with van der Waals surface area (Å²) < 4.78 is 19.3. The summed E-state index contributed by atoms with van der Waals surface area (Å²) in [6.07, 6.45) is 4.03. The standard InChI is InChI=1S/C28H30N4O4S/c1-34-24-13-21(7-8-23(24)36-12-11-31-10-2-9-28(15-31)16-35-17-28)32-18-30-22-14-25(37-26(22)27(32)33)19-3-5-20(29)6-4-19/h3-8,13-14,18H,2,9-12,15-17,29H2,1H3. The number of likely N-dealkylation sites (tertiary alicyclic amines) is 1. The Kier molecular flexibility index (Phi) is 6.36. The second-order valence-electron chi connectivity index (χ2n) is 9.92. The van der Waals surface area contributed by atoms with E-state index in [4.69, 9.17) is 19.9 Å². The Bertz CT molecular complexity index is 1480. The minimum absolute atomic E-state index is 0.119. The maximum Gasteiger partial charge on any atom is 0.275 e. The molecule has 37 heavy (non-hydrogen) atoms. The smallest absolute Gasteiger partial charge is 0.275 e. The van der Waals surface area contributed by atoms with Crippen molar-refractivity contribution in [2.75, 3.05) is 52.3 Å². The highest BCUT2D eigenvalue weighted by atomic mass is 32.1. The normalized spacial score (nSPS) is 17.1. The number of hydrogen-bond donors (Lipinski definition) is 1. The number of fused-ring (bicyclic) bond motifs is 1. The molecule has 2 aromatic heterocycles. The third-order valence-corrected chi connectivity index (χ3v) is 8.44. The van der Waals surface area contributed by atoms with Crippen LogP contribution >= 0.6 is 11.3 Å². The molecule has 4 aromatic rings. The number of methoxy groups -OCH3 is 1. The summed E-state index contributed by atoms with van der Waals surface area (Å²) in [6.45, 7) is 5.38. The predicted molar refractivity (Wildman–Crippen MR) is 146 cm³/mol. The monoisotopic (exact) mass is 518 g/mol. The minimum atomic E-state index is -0.119. The van der Waals surface area contributed by atoms with E-state index < -0.39 is 0 Å². The Morgan fingerprint density at radius 1 is 1.14 bits per heavy atom. The van der Waals surface area contributed by atoms with Crippen molar-refractivity contribution in [2.24, 2.45) is 5.41 Å². The maximum absolute atomic E-state index is 13.4. The van der Waals surface area contributed by atoms with Gasteiger partial charge in [0.25, 0.3) is 5.56 Å². The number of piperidine rings is 1. The van der Waals surface area contributed by atoms with Gasteiger partial charge >= 0.3 is 0 Å². The van der Waals surface area contributed by atoms with Crippen LogP contribution in [0.25, 0.3) is 26.3 Å². The Hall–Kier alpha value is -3.40. The van der Waals surface area contributed by atoms with Crippen molar-refractivity contribution in [2.45, 2.75) is 12.8 Å². The van der Waals surface area contributed by atoms with Crippen molar-refractivity contribution < 1.29 is 14.2 Å². The zero-order chi connectivity index (χ0) is 25.4. The first kappa shape index (κ1) is 24.0. The van der Waals surface area contributed by atoms with Crippen LogP contribution < -0.4 is 20.8 Å². The van der Waals surface area contributed by atoms with Crippen LogP contribution in [0.3, 0.4) is 0 Å². The molecule has 0 atom stereocenters. The second kappa shape index (κ2) is 9.81. The fourth-order valence-corrected chi connectivity index (χ4v) is 6.27. The van der Waals surface area contributed by atoms with E-state index in [0.717, 1.165) is 43.3 Å². The van der Waals surface area contributed by atoms with Gasteiger partial charge in [-0.05, 0) is 55.3 Å². The summed E-state index contributed by atoms with van der Waals surface area (Å²) in [5, 5.41) is 0. The summed E-state index contributed by atoms with van der Waals surface area (Å²) in [7, 11) is 1.61. The molecular formula is C28H30N4O4S. The molecule has 2 aromatic carbocycles. The molecule has 0 radical (unpaired) electrons. The zero-order valence-corrected chi connectivity index (χ0v) is 21.6. The summed E-state index contributed by atoms with van der Waals surface area (Å²) >= 11 is 1.43. The number of aromatic nitrogens is 2. The lowest BCUT2D eigenvalue weighted by Gasteiger charge is -2.48. The number of ether oxygens (including phenoxy) is 3. The minimum Gasteiger partial charge on any atom is -0.493 e. The van der Waals surface area contributed by atoms with E-state index in [0.29, 0.717) is 45.1 Å². The predicted octanol–water partition coefficient (Wildman–Crippen LogP) is 4.20. The number of rotatable bonds is 7. The lowest BCUT2D eigenvalue weighted by molar-refractivity contribution is -0.144. The van der Waals surface area contributed by atoms with Crippen LogP contribution in [0, 0.1) is 5.41 Å². The van der Waals surface area contributed by atoms with E-state index in [-0.39, 0.29) is 5.56 Å². The molecule has 2 aliphatic rings. The van der Waals surface area contributed by atoms with E-state index in [1.165, 1.54) is 24.2 Å². The van der Waals surface area contributed by atoms with E-state index >= 15 is 0 Å². The topological polar surface area (TPSA) is 91.8 Å². The number of nitrogens with zero attached hydrogens (tertiary/aromatic N) is 3. The number of benzene rings is 2. The van der Waals surface area contributed by atoms with Gasteiger partial charge in [-0.25, -0.2) is 4.98 Å². The van der Waals surface area contributed by atoms with Crippen molar-refractivity contribution in [3.63, 3.8) is 0 Å². The molecule has 4 heterocycles. The van der Waals surface area contributed by atoms with Crippen LogP contribution in [0.1, 0.15) is 12.8 Å². The summed E-state index contributed by atoms with van der Waals surface area (Å²) in [4.78, 5) is 21.4. The lowest BCUT2D eigenvalue weighted by Crippen LogP contribution is -2.54. The van der Waals surface area contributed by atoms with E-state index in [2.05, 4.69) is 9.88 Å². The first-order valence-corrected chi connectivity index (χ1v) is 13.3. The van der Waals surface area contributed by atoms with Gasteiger partial charge in [0.2, 0.25) is 0 Å². The molecule has 0 aliphatic carbocycles. The quantitative estimate of drug-likeness (QED) is 0.367. The van der Waals surface area contributed by atoms with Gasteiger partial charge in [0.1, 0.15) is 17.6 Å². The number of nitrogens with two attached hydrogens (primary N) is 1. The molecule has 2 aliphatic heterocycles. The molecule has 8 nitrogen and oxygen atoms in total. The number of anilines is 1. The van der Waals surface area contributed by atoms with Gasteiger partial charge in [-0.1, -0.05) is 12.1 Å². The third kappa shape index (κ3) is 4.70. The zero-order valence-electron chi connectivity index (χ0n) is 20.8. The van der Waals surface area contributed by atoms with Gasteiger partial charge in [-0.2, -0.15) is 0 Å². The number of hydrogen-bond acceptors (Lipinski definition) is 8. The molecule has 0 unspecified atom stereocenters. The fourth-order valence-electron chi connectivity index (χ4n) is 5.22. The average Bonchev–Trinajstić information content (AvgIpc) is 3.34. The van der Waals surface area contributed by atoms with Gasteiger partial charge < -0.3 is 19.9 Å². The second-order valence-corrected chi connectivity index (χ2v) is 11.0. The number of nitrogen functional groups attached to an aromatic ring is 1. The summed E-state index contributed by atoms with van der Waals surface area (Å²) in [5.41, 5.74) is 9.12. The van der Waals surface area contributed by atoms with Crippen molar-refractivity contribution >= 4 is 27.2 Å². The van der Waals surface area contributed by atoms with Gasteiger partial charge in [0.05, 0.1) is 31.5 Å². The Morgan fingerprint density at radius 2 is 1.97 bits per heavy atom. The maximum atomic E-state index is 13.4. The molecule has 0 bridgehead atoms. The van der Waals surface area contributed by atoms with Crippen molar-refractivity contribution in [1.82, 2.24) is 14.5 Å². The van der Waals surface area contributed by atoms with Crippen LogP contribution in [0.2, 0.25) is 0 Å². The highest BCUT2D eigenvalue weighted by molar-refractivity contribution is 7.22. The van der Waals surface area contributed by atoms with E-state index in [9.17, 15) is 4.79 Å². The number of thiophene rings is 1. The fraction of sp³-hybridized carbons (Fsp3) is 0.357. The van der Waals surface area contributed by atoms with Gasteiger partial charge in [-0.15, -0.1) is 11.3 Å². The molecule has 2 saturated heterocycles. The summed E-state index contributed by atoms with van der Waals surface area (Å²) in [6, 6.07) is 15.1. The van der Waals surface area contributed by atoms with Gasteiger partial charge in [0, 0.05) is 35.1 Å². The van der Waals surface area contributed by atoms with Crippen LogP contribution in [0.5, 0.6) is 11.5 Å². The van der Waals surface area contributed by atoms with Gasteiger partial charge in [0.15, 0.2) is 11.5 Å². The molecular weight excluding hydrogens is 488 g/mol. The third-order valence-electron chi connectivity index (χ3n) is 7.28. The highest BCUT2D eigenvalue weighted by Gasteiger charge is 2.41. The van der Waals surface area contributed by atoms with Crippen LogP contribution in [0.15, 0.2) is 59.7 Å². The van der Waals surface area contributed by atoms with Crippen LogP contribution in [-0.2, 0) is 4.74 Å². The molecule has 192 valence electrons. The molecule has 2 fully saturated rings. The first-order chi connectivity index (χ1) is 18.0. The Balaban J connectivity index is 1.19. The van der Waals surface area contributed by atoms with Gasteiger partial charge in [-0.3, -0.25) is 14.3 Å². The highest BCUT2D eigenvalue weighted by Crippen LogP contribution is 2.37. The van der Waals surface area contributed by atoms with Crippen molar-refractivity contribution in [1.29, 1.82) is 0 Å².